The third-order valence-electron chi connectivity index (χ3n) is 4.42. The molecule has 0 unspecified atom stereocenters. The van der Waals surface area contributed by atoms with Gasteiger partial charge in [-0.1, -0.05) is 54.6 Å². The molecule has 0 aliphatic heterocycles. The molecular weight excluding hydrogens is 334 g/mol. The summed E-state index contributed by atoms with van der Waals surface area (Å²) in [6.45, 7) is 0.535. The van der Waals surface area contributed by atoms with Crippen molar-refractivity contribution in [3.63, 3.8) is 0 Å². The van der Waals surface area contributed by atoms with Crippen molar-refractivity contribution >= 4 is 16.8 Å². The monoisotopic (exact) mass is 353 g/mol. The van der Waals surface area contributed by atoms with E-state index in [0.717, 1.165) is 27.9 Å². The van der Waals surface area contributed by atoms with Gasteiger partial charge in [0.2, 0.25) is 0 Å². The van der Waals surface area contributed by atoms with Gasteiger partial charge in [-0.2, -0.15) is 0 Å². The Labute approximate surface area is 157 Å². The summed E-state index contributed by atoms with van der Waals surface area (Å²) in [6, 6.07) is 25.3. The Bertz CT molecular complexity index is 1060. The molecule has 132 valence electrons. The summed E-state index contributed by atoms with van der Waals surface area (Å²) in [5.41, 5.74) is 4.20. The standard InChI is InChI=1S/C23H19N3O/c27-23(25-15-13-18-10-6-7-14-24-18)20-16-22(17-8-2-1-3-9-17)26-21-12-5-4-11-19(20)21/h1-12,14,16H,13,15H2,(H,25,27). The molecule has 4 heteroatoms. The summed E-state index contributed by atoms with van der Waals surface area (Å²) in [4.78, 5) is 21.9. The van der Waals surface area contributed by atoms with E-state index in [9.17, 15) is 4.79 Å². The normalized spacial score (nSPS) is 10.7. The molecule has 0 bridgehead atoms. The molecule has 4 nitrogen and oxygen atoms in total. The first-order chi connectivity index (χ1) is 13.3. The van der Waals surface area contributed by atoms with E-state index in [0.29, 0.717) is 18.5 Å². The van der Waals surface area contributed by atoms with Crippen molar-refractivity contribution in [2.45, 2.75) is 6.42 Å². The van der Waals surface area contributed by atoms with Crippen LogP contribution < -0.4 is 5.32 Å². The van der Waals surface area contributed by atoms with E-state index < -0.39 is 0 Å². The number of nitrogens with zero attached hydrogens (tertiary/aromatic N) is 2. The third kappa shape index (κ3) is 3.85. The van der Waals surface area contributed by atoms with E-state index in [-0.39, 0.29) is 5.91 Å². The number of para-hydroxylation sites is 1. The molecule has 27 heavy (non-hydrogen) atoms. The van der Waals surface area contributed by atoms with Crippen LogP contribution in [0.2, 0.25) is 0 Å². The number of carbonyl (C=O) groups is 1. The third-order valence-corrected chi connectivity index (χ3v) is 4.42. The summed E-state index contributed by atoms with van der Waals surface area (Å²) >= 11 is 0. The zero-order valence-corrected chi connectivity index (χ0v) is 14.8. The van der Waals surface area contributed by atoms with Crippen LogP contribution in [-0.2, 0) is 6.42 Å². The van der Waals surface area contributed by atoms with Crippen LogP contribution in [-0.4, -0.2) is 22.4 Å². The summed E-state index contributed by atoms with van der Waals surface area (Å²) in [5.74, 6) is -0.0956. The predicted molar refractivity (Wildman–Crippen MR) is 107 cm³/mol. The van der Waals surface area contributed by atoms with E-state index in [1.165, 1.54) is 0 Å². The number of nitrogens with one attached hydrogen (secondary N) is 1. The second kappa shape index (κ2) is 7.79. The van der Waals surface area contributed by atoms with Crippen molar-refractivity contribution < 1.29 is 4.79 Å². The minimum Gasteiger partial charge on any atom is -0.352 e. The lowest BCUT2D eigenvalue weighted by atomic mass is 10.0. The van der Waals surface area contributed by atoms with Crippen LogP contribution in [0.15, 0.2) is 85.1 Å². The van der Waals surface area contributed by atoms with Gasteiger partial charge in [-0.15, -0.1) is 0 Å². The molecule has 0 aliphatic carbocycles. The van der Waals surface area contributed by atoms with E-state index in [2.05, 4.69) is 10.3 Å². The number of hydrogen-bond donors (Lipinski definition) is 1. The first kappa shape index (κ1) is 16.9. The fraction of sp³-hybridized carbons (Fsp3) is 0.0870. The van der Waals surface area contributed by atoms with Crippen LogP contribution in [0.5, 0.6) is 0 Å². The topological polar surface area (TPSA) is 54.9 Å². The predicted octanol–water partition coefficient (Wildman–Crippen LogP) is 4.27. The Morgan fingerprint density at radius 1 is 0.889 bits per heavy atom. The first-order valence-corrected chi connectivity index (χ1v) is 8.94. The molecule has 2 aromatic heterocycles. The zero-order valence-electron chi connectivity index (χ0n) is 14.8. The maximum Gasteiger partial charge on any atom is 0.252 e. The van der Waals surface area contributed by atoms with Gasteiger partial charge >= 0.3 is 0 Å². The minimum absolute atomic E-state index is 0.0956. The molecule has 0 aliphatic rings. The second-order valence-electron chi connectivity index (χ2n) is 6.27. The summed E-state index contributed by atoms with van der Waals surface area (Å²) in [7, 11) is 0. The van der Waals surface area contributed by atoms with Crippen LogP contribution in [0.3, 0.4) is 0 Å². The van der Waals surface area contributed by atoms with Gasteiger partial charge < -0.3 is 5.32 Å². The highest BCUT2D eigenvalue weighted by atomic mass is 16.1. The molecule has 0 saturated carbocycles. The van der Waals surface area contributed by atoms with Gasteiger partial charge in [-0.05, 0) is 24.3 Å². The van der Waals surface area contributed by atoms with Crippen molar-refractivity contribution in [2.24, 2.45) is 0 Å². The number of pyridine rings is 2. The van der Waals surface area contributed by atoms with Crippen LogP contribution in [0, 0.1) is 0 Å². The van der Waals surface area contributed by atoms with Crippen LogP contribution in [0.1, 0.15) is 16.1 Å². The average molecular weight is 353 g/mol. The lowest BCUT2D eigenvalue weighted by Gasteiger charge is -2.10. The van der Waals surface area contributed by atoms with Gasteiger partial charge in [-0.3, -0.25) is 9.78 Å². The van der Waals surface area contributed by atoms with Crippen molar-refractivity contribution in [2.75, 3.05) is 6.54 Å². The van der Waals surface area contributed by atoms with Crippen molar-refractivity contribution in [3.05, 3.63) is 96.3 Å². The molecule has 0 atom stereocenters. The second-order valence-corrected chi connectivity index (χ2v) is 6.27. The summed E-state index contributed by atoms with van der Waals surface area (Å²) < 4.78 is 0. The number of rotatable bonds is 5. The molecular formula is C23H19N3O. The number of amides is 1. The Balaban J connectivity index is 1.62. The quantitative estimate of drug-likeness (QED) is 0.583. The molecule has 0 fully saturated rings. The maximum absolute atomic E-state index is 12.9. The van der Waals surface area contributed by atoms with Gasteiger partial charge in [-0.25, -0.2) is 4.98 Å². The number of hydrogen-bond acceptors (Lipinski definition) is 3. The van der Waals surface area contributed by atoms with Crippen molar-refractivity contribution in [3.8, 4) is 11.3 Å². The first-order valence-electron chi connectivity index (χ1n) is 8.94. The van der Waals surface area contributed by atoms with Crippen molar-refractivity contribution in [1.82, 2.24) is 15.3 Å². The molecule has 1 amide bonds. The molecule has 0 saturated heterocycles. The van der Waals surface area contributed by atoms with Gasteiger partial charge in [0, 0.05) is 35.8 Å². The lowest BCUT2D eigenvalue weighted by molar-refractivity contribution is 0.0955. The van der Waals surface area contributed by atoms with Crippen LogP contribution in [0.4, 0.5) is 0 Å². The van der Waals surface area contributed by atoms with Gasteiger partial charge in [0.15, 0.2) is 0 Å². The Morgan fingerprint density at radius 2 is 1.67 bits per heavy atom. The fourth-order valence-corrected chi connectivity index (χ4v) is 3.07. The number of aromatic nitrogens is 2. The van der Waals surface area contributed by atoms with E-state index >= 15 is 0 Å². The molecule has 2 aromatic carbocycles. The highest BCUT2D eigenvalue weighted by Gasteiger charge is 2.13. The van der Waals surface area contributed by atoms with E-state index in [4.69, 9.17) is 4.98 Å². The summed E-state index contributed by atoms with van der Waals surface area (Å²) in [5, 5.41) is 3.87. The van der Waals surface area contributed by atoms with E-state index in [1.54, 1.807) is 6.20 Å². The number of carbonyl (C=O) groups excluding carboxylic acids is 1. The zero-order chi connectivity index (χ0) is 18.5. The molecule has 4 aromatic rings. The molecule has 4 rings (SSSR count). The highest BCUT2D eigenvalue weighted by molar-refractivity contribution is 6.07. The Morgan fingerprint density at radius 3 is 2.48 bits per heavy atom. The van der Waals surface area contributed by atoms with Crippen LogP contribution >= 0.6 is 0 Å². The number of benzene rings is 2. The smallest absolute Gasteiger partial charge is 0.252 e. The van der Waals surface area contributed by atoms with Gasteiger partial charge in [0.25, 0.3) is 5.91 Å². The van der Waals surface area contributed by atoms with Gasteiger partial charge in [0.1, 0.15) is 0 Å². The van der Waals surface area contributed by atoms with E-state index in [1.807, 2.05) is 78.9 Å². The SMILES string of the molecule is O=C(NCCc1ccccn1)c1cc(-c2ccccc2)nc2ccccc12. The Kier molecular flexibility index (Phi) is 4.88. The minimum atomic E-state index is -0.0956. The Hall–Kier alpha value is -3.53. The van der Waals surface area contributed by atoms with Gasteiger partial charge in [0.05, 0.1) is 16.8 Å². The van der Waals surface area contributed by atoms with Crippen LogP contribution in [0.25, 0.3) is 22.2 Å². The molecule has 2 heterocycles. The molecule has 0 radical (unpaired) electrons. The largest absolute Gasteiger partial charge is 0.352 e. The van der Waals surface area contributed by atoms with Crippen molar-refractivity contribution in [1.29, 1.82) is 0 Å². The molecule has 1 N–H and O–H groups in total. The summed E-state index contributed by atoms with van der Waals surface area (Å²) in [6.07, 6.45) is 2.46. The highest BCUT2D eigenvalue weighted by Crippen LogP contribution is 2.24. The molecule has 0 spiro atoms. The fourth-order valence-electron chi connectivity index (χ4n) is 3.07. The number of fused-ring (bicyclic) bond motifs is 1. The lowest BCUT2D eigenvalue weighted by Crippen LogP contribution is -2.26. The average Bonchev–Trinajstić information content (AvgIpc) is 2.74. The maximum atomic E-state index is 12.9.